The van der Waals surface area contributed by atoms with Crippen molar-refractivity contribution in [2.24, 2.45) is 0 Å². The summed E-state index contributed by atoms with van der Waals surface area (Å²) in [6.07, 6.45) is 56.7. The third kappa shape index (κ3) is 41.5. The Morgan fingerprint density at radius 1 is 0.393 bits per heavy atom. The summed E-state index contributed by atoms with van der Waals surface area (Å²) in [6.45, 7) is 6.24. The van der Waals surface area contributed by atoms with Crippen LogP contribution in [0.2, 0.25) is 0 Å². The van der Waals surface area contributed by atoms with Crippen LogP contribution < -0.4 is 0 Å². The van der Waals surface area contributed by atoms with Gasteiger partial charge in [0.05, 0.1) is 0 Å². The van der Waals surface area contributed by atoms with Gasteiger partial charge in [-0.2, -0.15) is 0 Å². The lowest BCUT2D eigenvalue weighted by Gasteiger charge is -2.18. The molecule has 0 aromatic rings. The SMILES string of the molecule is CC\C=C/C=C\C=C/C=C\CCCCCCCC(=O)OCC(COC(=O)CCCCC/C=C\C=C/CCCC)OC(=O)CCCCCCC/C=C\C/C=C\CC. The molecule has 1 unspecified atom stereocenters. The Kier molecular flexibility index (Phi) is 41.2. The molecule has 0 fully saturated rings. The molecule has 0 N–H and O–H groups in total. The molecule has 0 saturated heterocycles. The van der Waals surface area contributed by atoms with Gasteiger partial charge in [-0.3, -0.25) is 14.4 Å². The molecular formula is C50H80O6. The minimum atomic E-state index is -0.804. The quantitative estimate of drug-likeness (QED) is 0.0204. The molecule has 0 amide bonds. The molecule has 0 rings (SSSR count). The summed E-state index contributed by atoms with van der Waals surface area (Å²) in [5.74, 6) is -0.983. The van der Waals surface area contributed by atoms with Crippen LogP contribution in [-0.2, 0) is 28.6 Å². The first-order valence-electron chi connectivity index (χ1n) is 22.3. The maximum absolute atomic E-state index is 12.7. The molecule has 0 aliphatic carbocycles. The molecule has 0 heterocycles. The minimum Gasteiger partial charge on any atom is -0.462 e. The molecule has 0 radical (unpaired) electrons. The van der Waals surface area contributed by atoms with Gasteiger partial charge in [-0.25, -0.2) is 0 Å². The fourth-order valence-corrected chi connectivity index (χ4v) is 5.58. The van der Waals surface area contributed by atoms with Gasteiger partial charge in [0.25, 0.3) is 0 Å². The molecule has 6 heteroatoms. The molecule has 316 valence electrons. The van der Waals surface area contributed by atoms with Gasteiger partial charge in [-0.15, -0.1) is 0 Å². The molecular weight excluding hydrogens is 697 g/mol. The highest BCUT2D eigenvalue weighted by atomic mass is 16.6. The topological polar surface area (TPSA) is 78.9 Å². The Morgan fingerprint density at radius 3 is 1.32 bits per heavy atom. The van der Waals surface area contributed by atoms with Crippen molar-refractivity contribution in [1.82, 2.24) is 0 Å². The van der Waals surface area contributed by atoms with Gasteiger partial charge in [0, 0.05) is 19.3 Å². The predicted molar refractivity (Wildman–Crippen MR) is 237 cm³/mol. The summed E-state index contributed by atoms with van der Waals surface area (Å²) in [5.41, 5.74) is 0. The third-order valence-corrected chi connectivity index (χ3v) is 8.93. The van der Waals surface area contributed by atoms with Crippen molar-refractivity contribution in [3.05, 3.63) is 97.2 Å². The van der Waals surface area contributed by atoms with Crippen molar-refractivity contribution in [2.45, 2.75) is 187 Å². The fourth-order valence-electron chi connectivity index (χ4n) is 5.58. The first-order valence-corrected chi connectivity index (χ1v) is 22.3. The minimum absolute atomic E-state index is 0.106. The van der Waals surface area contributed by atoms with Crippen molar-refractivity contribution in [3.8, 4) is 0 Å². The number of hydrogen-bond donors (Lipinski definition) is 0. The smallest absolute Gasteiger partial charge is 0.306 e. The highest BCUT2D eigenvalue weighted by Gasteiger charge is 2.19. The number of allylic oxidation sites excluding steroid dienone is 16. The Morgan fingerprint density at radius 2 is 0.786 bits per heavy atom. The normalized spacial score (nSPS) is 13.0. The van der Waals surface area contributed by atoms with Crippen LogP contribution in [0.1, 0.15) is 181 Å². The number of rotatable bonds is 38. The molecule has 6 nitrogen and oxygen atoms in total. The highest BCUT2D eigenvalue weighted by molar-refractivity contribution is 5.71. The average Bonchev–Trinajstić information content (AvgIpc) is 3.19. The average molecular weight is 777 g/mol. The lowest BCUT2D eigenvalue weighted by atomic mass is 10.1. The van der Waals surface area contributed by atoms with Gasteiger partial charge in [-0.1, -0.05) is 176 Å². The third-order valence-electron chi connectivity index (χ3n) is 8.93. The van der Waals surface area contributed by atoms with E-state index < -0.39 is 6.10 Å². The van der Waals surface area contributed by atoms with E-state index in [9.17, 15) is 14.4 Å². The lowest BCUT2D eigenvalue weighted by molar-refractivity contribution is -0.167. The summed E-state index contributed by atoms with van der Waals surface area (Å²) in [4.78, 5) is 37.7. The van der Waals surface area contributed by atoms with E-state index in [-0.39, 0.29) is 31.1 Å². The molecule has 56 heavy (non-hydrogen) atoms. The molecule has 0 spiro atoms. The standard InChI is InChI=1S/C50H80O6/c1-4-7-10-13-16-19-22-24-25-26-29-31-34-37-40-43-49(52)55-46-47(45-54-48(51)42-39-36-33-30-27-21-18-15-12-9-6-3)56-50(53)44-41-38-35-32-28-23-20-17-14-11-8-5-2/h7-8,10-11,13,15-22,24-25,27,47H,4-6,9,12,14,23,26,28-46H2,1-3H3/b10-7-,11-8-,16-13-,18-15-,20-17-,22-19-,25-24-,27-21-. The first-order chi connectivity index (χ1) is 27.5. The molecule has 0 saturated carbocycles. The zero-order valence-electron chi connectivity index (χ0n) is 35.9. The molecule has 0 aliphatic heterocycles. The van der Waals surface area contributed by atoms with E-state index in [2.05, 4.69) is 93.7 Å². The Hall–Kier alpha value is -3.67. The number of hydrogen-bond acceptors (Lipinski definition) is 6. The van der Waals surface area contributed by atoms with Crippen molar-refractivity contribution in [3.63, 3.8) is 0 Å². The fraction of sp³-hybridized carbons (Fsp3) is 0.620. The Balaban J connectivity index is 4.50. The van der Waals surface area contributed by atoms with Gasteiger partial charge in [0.15, 0.2) is 6.10 Å². The van der Waals surface area contributed by atoms with E-state index in [4.69, 9.17) is 14.2 Å². The van der Waals surface area contributed by atoms with E-state index in [1.807, 2.05) is 24.3 Å². The summed E-state index contributed by atoms with van der Waals surface area (Å²) in [7, 11) is 0. The zero-order chi connectivity index (χ0) is 40.8. The Bertz CT molecular complexity index is 1170. The van der Waals surface area contributed by atoms with Crippen LogP contribution >= 0.6 is 0 Å². The van der Waals surface area contributed by atoms with Crippen LogP contribution in [0.4, 0.5) is 0 Å². The number of carbonyl (C=O) groups is 3. The van der Waals surface area contributed by atoms with Crippen LogP contribution in [0, 0.1) is 0 Å². The number of carbonyl (C=O) groups excluding carboxylic acids is 3. The molecule has 0 aromatic heterocycles. The van der Waals surface area contributed by atoms with Crippen molar-refractivity contribution in [2.75, 3.05) is 13.2 Å². The summed E-state index contributed by atoms with van der Waals surface area (Å²) in [5, 5.41) is 0. The van der Waals surface area contributed by atoms with Crippen LogP contribution in [0.5, 0.6) is 0 Å². The predicted octanol–water partition coefficient (Wildman–Crippen LogP) is 14.2. The van der Waals surface area contributed by atoms with Gasteiger partial charge < -0.3 is 14.2 Å². The largest absolute Gasteiger partial charge is 0.462 e. The zero-order valence-corrected chi connectivity index (χ0v) is 35.9. The summed E-state index contributed by atoms with van der Waals surface area (Å²) < 4.78 is 16.6. The van der Waals surface area contributed by atoms with E-state index in [1.54, 1.807) is 0 Å². The molecule has 0 aliphatic rings. The van der Waals surface area contributed by atoms with Crippen LogP contribution in [0.25, 0.3) is 0 Å². The maximum Gasteiger partial charge on any atom is 0.306 e. The molecule has 1 atom stereocenters. The second-order valence-corrected chi connectivity index (χ2v) is 14.3. The van der Waals surface area contributed by atoms with Crippen LogP contribution in [0.15, 0.2) is 97.2 Å². The first kappa shape index (κ1) is 52.3. The van der Waals surface area contributed by atoms with Gasteiger partial charge in [0.1, 0.15) is 13.2 Å². The number of esters is 3. The maximum atomic E-state index is 12.7. The summed E-state index contributed by atoms with van der Waals surface area (Å²) >= 11 is 0. The van der Waals surface area contributed by atoms with Crippen molar-refractivity contribution in [1.29, 1.82) is 0 Å². The van der Waals surface area contributed by atoms with E-state index in [0.717, 1.165) is 128 Å². The van der Waals surface area contributed by atoms with E-state index >= 15 is 0 Å². The number of ether oxygens (including phenoxy) is 3. The second kappa shape index (κ2) is 44.0. The summed E-state index contributed by atoms with van der Waals surface area (Å²) in [6, 6.07) is 0. The van der Waals surface area contributed by atoms with Crippen molar-refractivity contribution < 1.29 is 28.6 Å². The van der Waals surface area contributed by atoms with Crippen molar-refractivity contribution >= 4 is 17.9 Å². The van der Waals surface area contributed by atoms with Gasteiger partial charge in [-0.05, 0) is 83.5 Å². The van der Waals surface area contributed by atoms with Crippen LogP contribution in [-0.4, -0.2) is 37.2 Å². The molecule has 0 aromatic carbocycles. The van der Waals surface area contributed by atoms with Gasteiger partial charge in [0.2, 0.25) is 0 Å². The monoisotopic (exact) mass is 777 g/mol. The highest BCUT2D eigenvalue weighted by Crippen LogP contribution is 2.12. The molecule has 0 bridgehead atoms. The van der Waals surface area contributed by atoms with Crippen LogP contribution in [0.3, 0.4) is 0 Å². The van der Waals surface area contributed by atoms with E-state index in [0.29, 0.717) is 19.3 Å². The Labute approximate surface area is 343 Å². The van der Waals surface area contributed by atoms with Gasteiger partial charge >= 0.3 is 17.9 Å². The lowest BCUT2D eigenvalue weighted by Crippen LogP contribution is -2.30. The second-order valence-electron chi connectivity index (χ2n) is 14.3. The number of unbranched alkanes of at least 4 members (excludes halogenated alkanes) is 15. The van der Waals surface area contributed by atoms with E-state index in [1.165, 1.54) is 12.8 Å².